The first-order chi connectivity index (χ1) is 8.25. The molecule has 1 aromatic carbocycles. The quantitative estimate of drug-likeness (QED) is 0.742. The number of rotatable bonds is 4. The Hall–Kier alpha value is -0.780. The number of nitrogen functional groups attached to an aromatic ring is 1. The molecule has 94 valence electrons. The van der Waals surface area contributed by atoms with Crippen molar-refractivity contribution in [1.29, 1.82) is 0 Å². The second-order valence-electron chi connectivity index (χ2n) is 4.14. The van der Waals surface area contributed by atoms with Crippen LogP contribution in [0.4, 0.5) is 11.4 Å². The van der Waals surface area contributed by atoms with Gasteiger partial charge in [0.1, 0.15) is 0 Å². The molecule has 1 aliphatic rings. The minimum atomic E-state index is 0.313. The Morgan fingerprint density at radius 1 is 1.53 bits per heavy atom. The number of morpholine rings is 1. The van der Waals surface area contributed by atoms with E-state index in [1.807, 2.05) is 18.2 Å². The number of benzene rings is 1. The topological polar surface area (TPSA) is 59.3 Å². The lowest BCUT2D eigenvalue weighted by Gasteiger charge is -2.23. The Labute approximate surface area is 110 Å². The summed E-state index contributed by atoms with van der Waals surface area (Å²) in [6.07, 6.45) is 1.30. The van der Waals surface area contributed by atoms with Gasteiger partial charge in [0.05, 0.1) is 24.1 Å². The summed E-state index contributed by atoms with van der Waals surface area (Å²) in [6, 6.07) is 5.87. The number of hydrogen-bond donors (Lipinski definition) is 3. The van der Waals surface area contributed by atoms with Crippen LogP contribution in [-0.4, -0.2) is 32.3 Å². The van der Waals surface area contributed by atoms with E-state index >= 15 is 0 Å². The van der Waals surface area contributed by atoms with Crippen molar-refractivity contribution in [2.24, 2.45) is 0 Å². The summed E-state index contributed by atoms with van der Waals surface area (Å²) in [6.45, 7) is 3.59. The summed E-state index contributed by atoms with van der Waals surface area (Å²) < 4.78 is 6.62. The molecule has 5 heteroatoms. The second-order valence-corrected chi connectivity index (χ2v) is 5.06. The maximum atomic E-state index is 5.90. The summed E-state index contributed by atoms with van der Waals surface area (Å²) in [5.41, 5.74) is 7.65. The number of hydrogen-bond acceptors (Lipinski definition) is 4. The minimum absolute atomic E-state index is 0.313. The van der Waals surface area contributed by atoms with Gasteiger partial charge in [-0.1, -0.05) is 15.9 Å². The molecule has 4 N–H and O–H groups in total. The third kappa shape index (κ3) is 3.87. The largest absolute Gasteiger partial charge is 0.397 e. The average molecular weight is 300 g/mol. The van der Waals surface area contributed by atoms with Crippen LogP contribution in [0.5, 0.6) is 0 Å². The van der Waals surface area contributed by atoms with Crippen molar-refractivity contribution in [1.82, 2.24) is 5.32 Å². The molecule has 0 saturated carbocycles. The second kappa shape index (κ2) is 6.23. The van der Waals surface area contributed by atoms with Crippen LogP contribution in [0.15, 0.2) is 22.7 Å². The summed E-state index contributed by atoms with van der Waals surface area (Å²) in [4.78, 5) is 0. The van der Waals surface area contributed by atoms with Crippen molar-refractivity contribution in [3.8, 4) is 0 Å². The van der Waals surface area contributed by atoms with E-state index in [0.29, 0.717) is 6.10 Å². The predicted molar refractivity (Wildman–Crippen MR) is 74.3 cm³/mol. The maximum Gasteiger partial charge on any atom is 0.0716 e. The van der Waals surface area contributed by atoms with E-state index in [9.17, 15) is 0 Å². The number of ether oxygens (including phenoxy) is 1. The van der Waals surface area contributed by atoms with Gasteiger partial charge in [-0.2, -0.15) is 0 Å². The molecule has 0 amide bonds. The van der Waals surface area contributed by atoms with Crippen molar-refractivity contribution in [3.63, 3.8) is 0 Å². The molecule has 0 spiro atoms. The van der Waals surface area contributed by atoms with Gasteiger partial charge in [-0.3, -0.25) is 0 Å². The van der Waals surface area contributed by atoms with Gasteiger partial charge in [0, 0.05) is 24.1 Å². The van der Waals surface area contributed by atoms with Gasteiger partial charge in [-0.05, 0) is 24.6 Å². The summed E-state index contributed by atoms with van der Waals surface area (Å²) in [7, 11) is 0. The van der Waals surface area contributed by atoms with Crippen LogP contribution >= 0.6 is 15.9 Å². The first-order valence-corrected chi connectivity index (χ1v) is 6.66. The van der Waals surface area contributed by atoms with Gasteiger partial charge in [-0.25, -0.2) is 0 Å². The molecule has 1 unspecified atom stereocenters. The lowest BCUT2D eigenvalue weighted by atomic mass is 10.2. The fourth-order valence-corrected chi connectivity index (χ4v) is 2.25. The van der Waals surface area contributed by atoms with E-state index in [0.717, 1.165) is 48.5 Å². The molecular weight excluding hydrogens is 282 g/mol. The monoisotopic (exact) mass is 299 g/mol. The SMILES string of the molecule is Nc1cc(Br)ccc1NCCC1CNCCO1. The van der Waals surface area contributed by atoms with Crippen molar-refractivity contribution >= 4 is 27.3 Å². The number of halogens is 1. The fraction of sp³-hybridized carbons (Fsp3) is 0.500. The highest BCUT2D eigenvalue weighted by molar-refractivity contribution is 9.10. The molecule has 1 heterocycles. The van der Waals surface area contributed by atoms with E-state index in [1.165, 1.54) is 0 Å². The van der Waals surface area contributed by atoms with Crippen molar-refractivity contribution in [2.45, 2.75) is 12.5 Å². The minimum Gasteiger partial charge on any atom is -0.397 e. The van der Waals surface area contributed by atoms with E-state index in [-0.39, 0.29) is 0 Å². The molecule has 0 aliphatic carbocycles. The van der Waals surface area contributed by atoms with Crippen molar-refractivity contribution in [2.75, 3.05) is 37.3 Å². The molecule has 2 rings (SSSR count). The van der Waals surface area contributed by atoms with Crippen LogP contribution in [0, 0.1) is 0 Å². The Morgan fingerprint density at radius 2 is 2.41 bits per heavy atom. The smallest absolute Gasteiger partial charge is 0.0716 e. The van der Waals surface area contributed by atoms with Crippen LogP contribution in [-0.2, 0) is 4.74 Å². The summed E-state index contributed by atoms with van der Waals surface area (Å²) in [5, 5.41) is 6.65. The van der Waals surface area contributed by atoms with Gasteiger partial charge in [-0.15, -0.1) is 0 Å². The Balaban J connectivity index is 1.77. The molecule has 1 fully saturated rings. The highest BCUT2D eigenvalue weighted by Gasteiger charge is 2.12. The number of anilines is 2. The van der Waals surface area contributed by atoms with Gasteiger partial charge in [0.2, 0.25) is 0 Å². The maximum absolute atomic E-state index is 5.90. The molecule has 1 atom stereocenters. The normalized spacial score (nSPS) is 20.2. The van der Waals surface area contributed by atoms with Crippen LogP contribution in [0.3, 0.4) is 0 Å². The van der Waals surface area contributed by atoms with Gasteiger partial charge >= 0.3 is 0 Å². The van der Waals surface area contributed by atoms with Gasteiger partial charge in [0.25, 0.3) is 0 Å². The number of nitrogens with two attached hydrogens (primary N) is 1. The average Bonchev–Trinajstić information content (AvgIpc) is 2.33. The van der Waals surface area contributed by atoms with Crippen LogP contribution in [0.25, 0.3) is 0 Å². The molecule has 0 aromatic heterocycles. The van der Waals surface area contributed by atoms with Gasteiger partial charge in [0.15, 0.2) is 0 Å². The van der Waals surface area contributed by atoms with E-state index in [2.05, 4.69) is 26.6 Å². The zero-order valence-electron chi connectivity index (χ0n) is 9.71. The lowest BCUT2D eigenvalue weighted by Crippen LogP contribution is -2.39. The van der Waals surface area contributed by atoms with Crippen molar-refractivity contribution in [3.05, 3.63) is 22.7 Å². The first kappa shape index (κ1) is 12.7. The molecule has 1 saturated heterocycles. The van der Waals surface area contributed by atoms with Crippen LogP contribution in [0.2, 0.25) is 0 Å². The molecule has 1 aromatic rings. The first-order valence-electron chi connectivity index (χ1n) is 5.87. The molecule has 17 heavy (non-hydrogen) atoms. The molecule has 4 nitrogen and oxygen atoms in total. The Morgan fingerprint density at radius 3 is 3.12 bits per heavy atom. The summed E-state index contributed by atoms with van der Waals surface area (Å²) in [5.74, 6) is 0. The molecular formula is C12H18BrN3O. The van der Waals surface area contributed by atoms with E-state index in [1.54, 1.807) is 0 Å². The zero-order valence-corrected chi connectivity index (χ0v) is 11.3. The third-order valence-electron chi connectivity index (χ3n) is 2.80. The zero-order chi connectivity index (χ0) is 12.1. The van der Waals surface area contributed by atoms with E-state index < -0.39 is 0 Å². The highest BCUT2D eigenvalue weighted by Crippen LogP contribution is 2.22. The molecule has 0 radical (unpaired) electrons. The predicted octanol–water partition coefficient (Wildman–Crippen LogP) is 1.82. The van der Waals surface area contributed by atoms with Crippen LogP contribution in [0.1, 0.15) is 6.42 Å². The summed E-state index contributed by atoms with van der Waals surface area (Å²) >= 11 is 3.39. The third-order valence-corrected chi connectivity index (χ3v) is 3.29. The Kier molecular flexibility index (Phi) is 4.65. The van der Waals surface area contributed by atoms with Gasteiger partial charge < -0.3 is 21.1 Å². The molecule has 0 bridgehead atoms. The molecule has 1 aliphatic heterocycles. The Bertz CT molecular complexity index is 367. The van der Waals surface area contributed by atoms with Crippen LogP contribution < -0.4 is 16.4 Å². The fourth-order valence-electron chi connectivity index (χ4n) is 1.87. The standard InChI is InChI=1S/C12H18BrN3O/c13-9-1-2-12(11(14)7-9)16-4-3-10-8-15-5-6-17-10/h1-2,7,10,15-16H,3-6,8,14H2. The number of nitrogens with one attached hydrogen (secondary N) is 2. The highest BCUT2D eigenvalue weighted by atomic mass is 79.9. The lowest BCUT2D eigenvalue weighted by molar-refractivity contribution is 0.0258. The van der Waals surface area contributed by atoms with E-state index in [4.69, 9.17) is 10.5 Å². The van der Waals surface area contributed by atoms with Crippen molar-refractivity contribution < 1.29 is 4.74 Å².